The number of alkyl halides is 2. The standard InChI is InChI=1S/C10H12F3N/c1-10(2,14)7-5-6(9(12)13)3-4-8(7)11/h3-5,9H,14H2,1-2H3. The van der Waals surface area contributed by atoms with E-state index in [-0.39, 0.29) is 11.1 Å². The van der Waals surface area contributed by atoms with Gasteiger partial charge in [0.2, 0.25) is 0 Å². The van der Waals surface area contributed by atoms with Gasteiger partial charge in [0.25, 0.3) is 6.43 Å². The van der Waals surface area contributed by atoms with Crippen molar-refractivity contribution in [2.45, 2.75) is 25.8 Å². The average Bonchev–Trinajstić information content (AvgIpc) is 2.02. The summed E-state index contributed by atoms with van der Waals surface area (Å²) in [6.07, 6.45) is -2.60. The molecule has 0 fully saturated rings. The molecule has 78 valence electrons. The van der Waals surface area contributed by atoms with E-state index in [9.17, 15) is 13.2 Å². The van der Waals surface area contributed by atoms with Gasteiger partial charge in [-0.2, -0.15) is 0 Å². The summed E-state index contributed by atoms with van der Waals surface area (Å²) in [5.41, 5.74) is 4.59. The van der Waals surface area contributed by atoms with E-state index in [2.05, 4.69) is 0 Å². The van der Waals surface area contributed by atoms with Crippen molar-refractivity contribution in [2.75, 3.05) is 0 Å². The van der Waals surface area contributed by atoms with Gasteiger partial charge in [0.05, 0.1) is 0 Å². The fraction of sp³-hybridized carbons (Fsp3) is 0.400. The fourth-order valence-electron chi connectivity index (χ4n) is 1.17. The highest BCUT2D eigenvalue weighted by atomic mass is 19.3. The van der Waals surface area contributed by atoms with Crippen LogP contribution in [0.2, 0.25) is 0 Å². The highest BCUT2D eigenvalue weighted by Gasteiger charge is 2.20. The molecule has 0 saturated heterocycles. The molecule has 2 N–H and O–H groups in total. The van der Waals surface area contributed by atoms with E-state index in [0.29, 0.717) is 0 Å². The molecule has 0 spiro atoms. The Kier molecular flexibility index (Phi) is 2.85. The molecule has 0 bridgehead atoms. The van der Waals surface area contributed by atoms with Crippen molar-refractivity contribution in [3.63, 3.8) is 0 Å². The number of rotatable bonds is 2. The van der Waals surface area contributed by atoms with Crippen molar-refractivity contribution in [2.24, 2.45) is 5.73 Å². The molecule has 1 nitrogen and oxygen atoms in total. The number of halogens is 3. The van der Waals surface area contributed by atoms with Crippen LogP contribution in [0.3, 0.4) is 0 Å². The molecule has 0 amide bonds. The molecule has 0 aromatic heterocycles. The zero-order chi connectivity index (χ0) is 10.9. The quantitative estimate of drug-likeness (QED) is 0.785. The minimum atomic E-state index is -2.60. The predicted octanol–water partition coefficient (Wildman–Crippen LogP) is 2.96. The van der Waals surface area contributed by atoms with Gasteiger partial charge < -0.3 is 5.73 Å². The Bertz CT molecular complexity index is 329. The van der Waals surface area contributed by atoms with Crippen LogP contribution in [0.15, 0.2) is 18.2 Å². The van der Waals surface area contributed by atoms with E-state index in [0.717, 1.165) is 18.2 Å². The van der Waals surface area contributed by atoms with E-state index in [1.54, 1.807) is 13.8 Å². The van der Waals surface area contributed by atoms with E-state index >= 15 is 0 Å². The maximum Gasteiger partial charge on any atom is 0.263 e. The Balaban J connectivity index is 3.22. The van der Waals surface area contributed by atoms with Gasteiger partial charge in [-0.3, -0.25) is 0 Å². The molecule has 0 radical (unpaired) electrons. The van der Waals surface area contributed by atoms with Gasteiger partial charge in [-0.1, -0.05) is 6.07 Å². The largest absolute Gasteiger partial charge is 0.322 e. The van der Waals surface area contributed by atoms with Gasteiger partial charge in [-0.25, -0.2) is 13.2 Å². The molecule has 1 aromatic carbocycles. The predicted molar refractivity (Wildman–Crippen MR) is 48.6 cm³/mol. The highest BCUT2D eigenvalue weighted by Crippen LogP contribution is 2.26. The number of hydrogen-bond acceptors (Lipinski definition) is 1. The first-order valence-corrected chi connectivity index (χ1v) is 4.19. The zero-order valence-corrected chi connectivity index (χ0v) is 8.02. The summed E-state index contributed by atoms with van der Waals surface area (Å²) < 4.78 is 37.8. The second-order valence-corrected chi connectivity index (χ2v) is 3.76. The molecule has 0 saturated carbocycles. The van der Waals surface area contributed by atoms with Gasteiger partial charge >= 0.3 is 0 Å². The Morgan fingerprint density at radius 1 is 1.29 bits per heavy atom. The minimum absolute atomic E-state index is 0.107. The summed E-state index contributed by atoms with van der Waals surface area (Å²) >= 11 is 0. The summed E-state index contributed by atoms with van der Waals surface area (Å²) in [6.45, 7) is 3.14. The average molecular weight is 203 g/mol. The molecular weight excluding hydrogens is 191 g/mol. The summed E-state index contributed by atoms with van der Waals surface area (Å²) in [7, 11) is 0. The molecule has 4 heteroatoms. The van der Waals surface area contributed by atoms with Crippen LogP contribution in [0.5, 0.6) is 0 Å². The van der Waals surface area contributed by atoms with Crippen molar-refractivity contribution in [3.8, 4) is 0 Å². The van der Waals surface area contributed by atoms with Crippen LogP contribution < -0.4 is 5.73 Å². The van der Waals surface area contributed by atoms with Crippen molar-refractivity contribution < 1.29 is 13.2 Å². The van der Waals surface area contributed by atoms with Crippen molar-refractivity contribution in [1.29, 1.82) is 0 Å². The van der Waals surface area contributed by atoms with Crippen LogP contribution in [-0.2, 0) is 5.54 Å². The van der Waals surface area contributed by atoms with E-state index in [4.69, 9.17) is 5.73 Å². The lowest BCUT2D eigenvalue weighted by Gasteiger charge is -2.20. The van der Waals surface area contributed by atoms with E-state index in [1.807, 2.05) is 0 Å². The molecule has 0 aliphatic carbocycles. The third-order valence-corrected chi connectivity index (χ3v) is 1.94. The molecule has 0 heterocycles. The van der Waals surface area contributed by atoms with E-state index in [1.165, 1.54) is 0 Å². The SMILES string of the molecule is CC(C)(N)c1cc(C(F)F)ccc1F. The van der Waals surface area contributed by atoms with Crippen LogP contribution >= 0.6 is 0 Å². The second-order valence-electron chi connectivity index (χ2n) is 3.76. The van der Waals surface area contributed by atoms with Crippen molar-refractivity contribution in [1.82, 2.24) is 0 Å². The normalized spacial score (nSPS) is 12.2. The van der Waals surface area contributed by atoms with Gasteiger partial charge in [-0.05, 0) is 26.0 Å². The molecule has 0 aliphatic heterocycles. The summed E-state index contributed by atoms with van der Waals surface area (Å²) in [4.78, 5) is 0. The Morgan fingerprint density at radius 3 is 2.29 bits per heavy atom. The number of benzene rings is 1. The maximum absolute atomic E-state index is 13.2. The molecule has 0 unspecified atom stereocenters. The Labute approximate surface area is 80.7 Å². The Morgan fingerprint density at radius 2 is 1.86 bits per heavy atom. The highest BCUT2D eigenvalue weighted by molar-refractivity contribution is 5.30. The van der Waals surface area contributed by atoms with E-state index < -0.39 is 17.8 Å². The minimum Gasteiger partial charge on any atom is -0.322 e. The molecule has 1 rings (SSSR count). The lowest BCUT2D eigenvalue weighted by Crippen LogP contribution is -2.30. The van der Waals surface area contributed by atoms with Crippen LogP contribution in [0.25, 0.3) is 0 Å². The van der Waals surface area contributed by atoms with Crippen LogP contribution in [0, 0.1) is 5.82 Å². The first-order chi connectivity index (χ1) is 6.32. The topological polar surface area (TPSA) is 26.0 Å². The van der Waals surface area contributed by atoms with Gasteiger partial charge in [-0.15, -0.1) is 0 Å². The molecule has 1 aromatic rings. The second kappa shape index (κ2) is 3.61. The van der Waals surface area contributed by atoms with Crippen LogP contribution in [0.4, 0.5) is 13.2 Å². The first kappa shape index (κ1) is 11.0. The van der Waals surface area contributed by atoms with Crippen LogP contribution in [0.1, 0.15) is 31.4 Å². The van der Waals surface area contributed by atoms with Crippen molar-refractivity contribution in [3.05, 3.63) is 35.1 Å². The summed E-state index contributed by atoms with van der Waals surface area (Å²) in [5, 5.41) is 0. The van der Waals surface area contributed by atoms with Gasteiger partial charge in [0.15, 0.2) is 0 Å². The molecule has 0 atom stereocenters. The van der Waals surface area contributed by atoms with Gasteiger partial charge in [0, 0.05) is 16.7 Å². The summed E-state index contributed by atoms with van der Waals surface area (Å²) in [6, 6.07) is 3.20. The number of hydrogen-bond donors (Lipinski definition) is 1. The zero-order valence-electron chi connectivity index (χ0n) is 8.02. The molecular formula is C10H12F3N. The van der Waals surface area contributed by atoms with Crippen LogP contribution in [-0.4, -0.2) is 0 Å². The molecule has 14 heavy (non-hydrogen) atoms. The Hall–Kier alpha value is -1.03. The molecule has 0 aliphatic rings. The van der Waals surface area contributed by atoms with Gasteiger partial charge in [0.1, 0.15) is 5.82 Å². The maximum atomic E-state index is 13.2. The lowest BCUT2D eigenvalue weighted by atomic mass is 9.93. The third kappa shape index (κ3) is 2.26. The fourth-order valence-corrected chi connectivity index (χ4v) is 1.17. The smallest absolute Gasteiger partial charge is 0.263 e. The first-order valence-electron chi connectivity index (χ1n) is 4.19. The third-order valence-electron chi connectivity index (χ3n) is 1.94. The monoisotopic (exact) mass is 203 g/mol. The summed E-state index contributed by atoms with van der Waals surface area (Å²) in [5.74, 6) is -0.554. The number of nitrogens with two attached hydrogens (primary N) is 1. The lowest BCUT2D eigenvalue weighted by molar-refractivity contribution is 0.151. The van der Waals surface area contributed by atoms with Crippen molar-refractivity contribution >= 4 is 0 Å².